The summed E-state index contributed by atoms with van der Waals surface area (Å²) in [5.74, 6) is -0.231. The van der Waals surface area contributed by atoms with E-state index in [1.807, 2.05) is 31.2 Å². The van der Waals surface area contributed by atoms with Crippen LogP contribution in [-0.4, -0.2) is 20.9 Å². The maximum absolute atomic E-state index is 12.1. The van der Waals surface area contributed by atoms with E-state index in [9.17, 15) is 4.79 Å². The second-order valence-corrected chi connectivity index (χ2v) is 5.31. The lowest BCUT2D eigenvalue weighted by atomic mass is 10.2. The first kappa shape index (κ1) is 13.4. The first-order valence-corrected chi connectivity index (χ1v) is 7.20. The van der Waals surface area contributed by atoms with E-state index in [4.69, 9.17) is 0 Å². The molecule has 6 heteroatoms. The number of amides is 1. The molecule has 0 spiro atoms. The zero-order valence-corrected chi connectivity index (χ0v) is 12.1. The second-order valence-electron chi connectivity index (χ2n) is 4.45. The second kappa shape index (κ2) is 5.80. The van der Waals surface area contributed by atoms with Crippen molar-refractivity contribution in [1.29, 1.82) is 0 Å². The Morgan fingerprint density at radius 1 is 1.19 bits per heavy atom. The number of carbonyl (C=O) groups excluding carboxylic acids is 1. The molecule has 0 unspecified atom stereocenters. The average Bonchev–Trinajstić information content (AvgIpc) is 3.00. The van der Waals surface area contributed by atoms with Gasteiger partial charge >= 0.3 is 0 Å². The van der Waals surface area contributed by atoms with E-state index in [1.54, 1.807) is 24.0 Å². The van der Waals surface area contributed by atoms with Crippen molar-refractivity contribution in [2.45, 2.75) is 6.92 Å². The summed E-state index contributed by atoms with van der Waals surface area (Å²) in [6, 6.07) is 7.62. The third-order valence-corrected chi connectivity index (χ3v) is 3.69. The van der Waals surface area contributed by atoms with Crippen LogP contribution in [0.3, 0.4) is 0 Å². The highest BCUT2D eigenvalue weighted by Crippen LogP contribution is 2.21. The van der Waals surface area contributed by atoms with Gasteiger partial charge in [-0.2, -0.15) is 0 Å². The molecule has 0 atom stereocenters. The predicted molar refractivity (Wildman–Crippen MR) is 82.3 cm³/mol. The van der Waals surface area contributed by atoms with Crippen LogP contribution in [0, 0.1) is 6.92 Å². The van der Waals surface area contributed by atoms with Crippen LogP contribution in [0.4, 0.5) is 5.69 Å². The van der Waals surface area contributed by atoms with Gasteiger partial charge < -0.3 is 5.32 Å². The molecular formula is C15H12N4OS. The highest BCUT2D eigenvalue weighted by molar-refractivity contribution is 7.13. The van der Waals surface area contributed by atoms with E-state index in [0.717, 1.165) is 11.3 Å². The zero-order valence-electron chi connectivity index (χ0n) is 11.3. The minimum absolute atomic E-state index is 0.231. The van der Waals surface area contributed by atoms with Crippen LogP contribution < -0.4 is 5.32 Å². The molecule has 0 aliphatic heterocycles. The Kier molecular flexibility index (Phi) is 3.70. The van der Waals surface area contributed by atoms with Crippen LogP contribution in [0.25, 0.3) is 10.7 Å². The van der Waals surface area contributed by atoms with Gasteiger partial charge in [-0.05, 0) is 19.1 Å². The van der Waals surface area contributed by atoms with Crippen molar-refractivity contribution in [3.05, 3.63) is 59.5 Å². The van der Waals surface area contributed by atoms with Gasteiger partial charge in [-0.1, -0.05) is 17.7 Å². The van der Waals surface area contributed by atoms with Crippen LogP contribution in [0.2, 0.25) is 0 Å². The van der Waals surface area contributed by atoms with Crippen molar-refractivity contribution < 1.29 is 4.79 Å². The lowest BCUT2D eigenvalue weighted by Crippen LogP contribution is -2.12. The molecule has 0 saturated heterocycles. The smallest absolute Gasteiger partial charge is 0.275 e. The number of anilines is 1. The van der Waals surface area contributed by atoms with Gasteiger partial charge in [-0.25, -0.2) is 4.98 Å². The topological polar surface area (TPSA) is 67.8 Å². The van der Waals surface area contributed by atoms with Gasteiger partial charge in [-0.3, -0.25) is 14.8 Å². The van der Waals surface area contributed by atoms with Gasteiger partial charge in [-0.15, -0.1) is 11.3 Å². The summed E-state index contributed by atoms with van der Waals surface area (Å²) in [7, 11) is 0. The number of aryl methyl sites for hydroxylation is 1. The fourth-order valence-electron chi connectivity index (χ4n) is 1.74. The Morgan fingerprint density at radius 3 is 2.71 bits per heavy atom. The Balaban J connectivity index is 1.77. The summed E-state index contributed by atoms with van der Waals surface area (Å²) in [5, 5.41) is 5.21. The van der Waals surface area contributed by atoms with Gasteiger partial charge in [0.25, 0.3) is 5.91 Å². The maximum atomic E-state index is 12.1. The van der Waals surface area contributed by atoms with Crippen molar-refractivity contribution in [1.82, 2.24) is 15.0 Å². The molecule has 1 aromatic carbocycles. The normalized spacial score (nSPS) is 10.3. The number of aromatic nitrogens is 3. The molecule has 21 heavy (non-hydrogen) atoms. The molecular weight excluding hydrogens is 284 g/mol. The number of thiazole rings is 1. The lowest BCUT2D eigenvalue weighted by molar-refractivity contribution is 0.102. The first-order valence-electron chi connectivity index (χ1n) is 6.32. The number of carbonyl (C=O) groups is 1. The molecule has 2 aromatic heterocycles. The minimum Gasteiger partial charge on any atom is -0.321 e. The van der Waals surface area contributed by atoms with Crippen LogP contribution in [0.1, 0.15) is 16.1 Å². The number of rotatable bonds is 3. The van der Waals surface area contributed by atoms with Crippen LogP contribution in [0.5, 0.6) is 0 Å². The number of hydrogen-bond donors (Lipinski definition) is 1. The summed E-state index contributed by atoms with van der Waals surface area (Å²) >= 11 is 1.37. The predicted octanol–water partition coefficient (Wildman–Crippen LogP) is 3.16. The molecule has 5 nitrogen and oxygen atoms in total. The summed E-state index contributed by atoms with van der Waals surface area (Å²) in [6.07, 6.45) is 4.82. The fourth-order valence-corrected chi connectivity index (χ4v) is 2.50. The highest BCUT2D eigenvalue weighted by Gasteiger charge is 2.12. The van der Waals surface area contributed by atoms with Gasteiger partial charge in [0.2, 0.25) is 0 Å². The van der Waals surface area contributed by atoms with Gasteiger partial charge in [0.15, 0.2) is 0 Å². The number of nitrogens with one attached hydrogen (secondary N) is 1. The third kappa shape index (κ3) is 3.11. The van der Waals surface area contributed by atoms with Crippen molar-refractivity contribution in [3.63, 3.8) is 0 Å². The summed E-state index contributed by atoms with van der Waals surface area (Å²) in [5.41, 5.74) is 2.93. The Labute approximate surface area is 125 Å². The van der Waals surface area contributed by atoms with Crippen molar-refractivity contribution in [3.8, 4) is 10.7 Å². The summed E-state index contributed by atoms with van der Waals surface area (Å²) < 4.78 is 0. The average molecular weight is 296 g/mol. The first-order chi connectivity index (χ1) is 10.2. The SMILES string of the molecule is Cc1ccc(NC(=O)c2csc(-c3cnccn3)n2)cc1. The number of benzene rings is 1. The molecule has 0 bridgehead atoms. The van der Waals surface area contributed by atoms with E-state index in [1.165, 1.54) is 11.3 Å². The maximum Gasteiger partial charge on any atom is 0.275 e. The molecule has 1 amide bonds. The molecule has 0 fully saturated rings. The largest absolute Gasteiger partial charge is 0.321 e. The van der Waals surface area contributed by atoms with Crippen molar-refractivity contribution in [2.24, 2.45) is 0 Å². The van der Waals surface area contributed by atoms with Crippen molar-refractivity contribution >= 4 is 22.9 Å². The minimum atomic E-state index is -0.231. The van der Waals surface area contributed by atoms with Crippen LogP contribution in [-0.2, 0) is 0 Å². The molecule has 1 N–H and O–H groups in total. The standard InChI is InChI=1S/C15H12N4OS/c1-10-2-4-11(5-3-10)18-14(20)13-9-21-15(19-13)12-8-16-6-7-17-12/h2-9H,1H3,(H,18,20). The number of nitrogens with zero attached hydrogens (tertiary/aromatic N) is 3. The van der Waals surface area contributed by atoms with E-state index in [0.29, 0.717) is 16.4 Å². The summed E-state index contributed by atoms with van der Waals surface area (Å²) in [6.45, 7) is 2.00. The Bertz CT molecular complexity index is 753. The summed E-state index contributed by atoms with van der Waals surface area (Å²) in [4.78, 5) is 24.6. The van der Waals surface area contributed by atoms with Gasteiger partial charge in [0.05, 0.1) is 6.20 Å². The van der Waals surface area contributed by atoms with E-state index in [2.05, 4.69) is 20.3 Å². The molecule has 0 aliphatic rings. The van der Waals surface area contributed by atoms with Gasteiger partial charge in [0.1, 0.15) is 16.4 Å². The molecule has 3 aromatic rings. The lowest BCUT2D eigenvalue weighted by Gasteiger charge is -2.03. The Morgan fingerprint density at radius 2 is 2.00 bits per heavy atom. The fraction of sp³-hybridized carbons (Fsp3) is 0.0667. The third-order valence-electron chi connectivity index (χ3n) is 2.83. The quantitative estimate of drug-likeness (QED) is 0.806. The molecule has 0 radical (unpaired) electrons. The number of hydrogen-bond acceptors (Lipinski definition) is 5. The van der Waals surface area contributed by atoms with Crippen LogP contribution >= 0.6 is 11.3 Å². The zero-order chi connectivity index (χ0) is 14.7. The monoisotopic (exact) mass is 296 g/mol. The highest BCUT2D eigenvalue weighted by atomic mass is 32.1. The molecule has 0 saturated carbocycles. The Hall–Kier alpha value is -2.60. The molecule has 0 aliphatic carbocycles. The van der Waals surface area contributed by atoms with Crippen molar-refractivity contribution in [2.75, 3.05) is 5.32 Å². The molecule has 2 heterocycles. The van der Waals surface area contributed by atoms with E-state index >= 15 is 0 Å². The molecule has 104 valence electrons. The van der Waals surface area contributed by atoms with Gasteiger partial charge in [0, 0.05) is 23.5 Å². The van der Waals surface area contributed by atoms with Crippen LogP contribution in [0.15, 0.2) is 48.2 Å². The van der Waals surface area contributed by atoms with E-state index < -0.39 is 0 Å². The molecule has 3 rings (SSSR count). The van der Waals surface area contributed by atoms with E-state index in [-0.39, 0.29) is 5.91 Å².